The first-order valence-electron chi connectivity index (χ1n) is 4.00. The number of hydrogen-bond acceptors (Lipinski definition) is 2. The number of hydrogen-bond donors (Lipinski definition) is 0. The minimum absolute atomic E-state index is 0.798. The number of rotatable bonds is 2. The molecule has 0 N–H and O–H groups in total. The minimum atomic E-state index is 0.798. The summed E-state index contributed by atoms with van der Waals surface area (Å²) in [6.45, 7) is 0. The van der Waals surface area contributed by atoms with Crippen LogP contribution in [0.1, 0.15) is 5.56 Å². The van der Waals surface area contributed by atoms with E-state index in [-0.39, 0.29) is 0 Å². The van der Waals surface area contributed by atoms with Crippen molar-refractivity contribution in [3.8, 4) is 0 Å². The van der Waals surface area contributed by atoms with Crippen molar-refractivity contribution >= 4 is 33.8 Å². The van der Waals surface area contributed by atoms with Gasteiger partial charge in [-0.2, -0.15) is 0 Å². The summed E-state index contributed by atoms with van der Waals surface area (Å²) in [5.41, 5.74) is 1.12. The molecule has 0 radical (unpaired) electrons. The van der Waals surface area contributed by atoms with E-state index in [4.69, 9.17) is 0 Å². The quantitative estimate of drug-likeness (QED) is 0.522. The first kappa shape index (κ1) is 8.20. The Hall–Kier alpha value is -1.41. The summed E-state index contributed by atoms with van der Waals surface area (Å²) >= 11 is 1.70. The van der Waals surface area contributed by atoms with Crippen LogP contribution in [0.2, 0.25) is 0 Å². The molecule has 0 aliphatic carbocycles. The Morgan fingerprint density at radius 1 is 1.23 bits per heavy atom. The number of benzene rings is 1. The van der Waals surface area contributed by atoms with Crippen LogP contribution >= 0.6 is 11.3 Å². The molecular weight excluding hydrogens is 180 g/mol. The van der Waals surface area contributed by atoms with E-state index in [0.717, 1.165) is 11.8 Å². The van der Waals surface area contributed by atoms with Gasteiger partial charge in [-0.3, -0.25) is 4.79 Å². The van der Waals surface area contributed by atoms with Crippen LogP contribution in [-0.2, 0) is 4.79 Å². The molecule has 2 heteroatoms. The monoisotopic (exact) mass is 188 g/mol. The van der Waals surface area contributed by atoms with E-state index >= 15 is 0 Å². The van der Waals surface area contributed by atoms with Gasteiger partial charge in [0, 0.05) is 4.70 Å². The normalized spacial score (nSPS) is 11.1. The summed E-state index contributed by atoms with van der Waals surface area (Å²) < 4.78 is 1.26. The summed E-state index contributed by atoms with van der Waals surface area (Å²) in [4.78, 5) is 10.2. The highest BCUT2D eigenvalue weighted by Crippen LogP contribution is 2.26. The second kappa shape index (κ2) is 3.54. The average Bonchev–Trinajstić information content (AvgIpc) is 2.58. The van der Waals surface area contributed by atoms with E-state index in [1.807, 2.05) is 18.2 Å². The molecule has 13 heavy (non-hydrogen) atoms. The van der Waals surface area contributed by atoms with Crippen LogP contribution in [0.5, 0.6) is 0 Å². The van der Waals surface area contributed by atoms with Crippen LogP contribution in [0.15, 0.2) is 35.7 Å². The molecule has 0 amide bonds. The Morgan fingerprint density at radius 3 is 2.92 bits per heavy atom. The SMILES string of the molecule is O=CC=Cc1csc2ccccc12. The lowest BCUT2D eigenvalue weighted by Gasteiger charge is -1.88. The second-order valence-electron chi connectivity index (χ2n) is 2.68. The van der Waals surface area contributed by atoms with Crippen LogP contribution in [0, 0.1) is 0 Å². The molecule has 0 aliphatic rings. The fourth-order valence-corrected chi connectivity index (χ4v) is 2.20. The Kier molecular flexibility index (Phi) is 2.23. The average molecular weight is 188 g/mol. The van der Waals surface area contributed by atoms with Gasteiger partial charge in [-0.25, -0.2) is 0 Å². The zero-order valence-corrected chi connectivity index (χ0v) is 7.75. The highest BCUT2D eigenvalue weighted by atomic mass is 32.1. The van der Waals surface area contributed by atoms with Gasteiger partial charge in [-0.05, 0) is 28.5 Å². The standard InChI is InChI=1S/C11H8OS/c12-7-3-4-9-8-13-11-6-2-1-5-10(9)11/h1-8H. The third kappa shape index (κ3) is 1.53. The first-order chi connectivity index (χ1) is 6.42. The van der Waals surface area contributed by atoms with E-state index in [2.05, 4.69) is 17.5 Å². The Bertz CT molecular complexity index is 454. The zero-order valence-electron chi connectivity index (χ0n) is 6.94. The van der Waals surface area contributed by atoms with Crippen molar-refractivity contribution in [2.24, 2.45) is 0 Å². The maximum Gasteiger partial charge on any atom is 0.142 e. The van der Waals surface area contributed by atoms with Gasteiger partial charge in [0.15, 0.2) is 0 Å². The molecule has 0 unspecified atom stereocenters. The Morgan fingerprint density at radius 2 is 2.08 bits per heavy atom. The van der Waals surface area contributed by atoms with Gasteiger partial charge in [-0.1, -0.05) is 24.3 Å². The molecule has 64 valence electrons. The van der Waals surface area contributed by atoms with Crippen LogP contribution < -0.4 is 0 Å². The van der Waals surface area contributed by atoms with E-state index in [1.54, 1.807) is 11.3 Å². The molecule has 0 aliphatic heterocycles. The molecule has 1 aromatic heterocycles. The van der Waals surface area contributed by atoms with Crippen LogP contribution in [0.25, 0.3) is 16.2 Å². The van der Waals surface area contributed by atoms with Gasteiger partial charge in [0.25, 0.3) is 0 Å². The highest BCUT2D eigenvalue weighted by Gasteiger charge is 1.98. The lowest BCUT2D eigenvalue weighted by Crippen LogP contribution is -1.67. The Balaban J connectivity index is 2.57. The van der Waals surface area contributed by atoms with E-state index in [9.17, 15) is 4.79 Å². The third-order valence-corrected chi connectivity index (χ3v) is 2.85. The smallest absolute Gasteiger partial charge is 0.142 e. The number of fused-ring (bicyclic) bond motifs is 1. The third-order valence-electron chi connectivity index (χ3n) is 1.87. The molecule has 2 rings (SSSR count). The molecule has 1 aromatic carbocycles. The maximum absolute atomic E-state index is 10.2. The van der Waals surface area contributed by atoms with Crippen LogP contribution in [-0.4, -0.2) is 6.29 Å². The fraction of sp³-hybridized carbons (Fsp3) is 0. The van der Waals surface area contributed by atoms with Gasteiger partial charge in [-0.15, -0.1) is 11.3 Å². The van der Waals surface area contributed by atoms with Gasteiger partial charge >= 0.3 is 0 Å². The minimum Gasteiger partial charge on any atom is -0.299 e. The van der Waals surface area contributed by atoms with Gasteiger partial charge in [0.2, 0.25) is 0 Å². The van der Waals surface area contributed by atoms with Crippen molar-refractivity contribution in [3.63, 3.8) is 0 Å². The fourth-order valence-electron chi connectivity index (χ4n) is 1.27. The molecule has 1 nitrogen and oxygen atoms in total. The Labute approximate surface area is 80.3 Å². The molecule has 0 saturated heterocycles. The summed E-state index contributed by atoms with van der Waals surface area (Å²) in [6.07, 6.45) is 4.16. The molecule has 0 bridgehead atoms. The predicted octanol–water partition coefficient (Wildman–Crippen LogP) is 3.11. The lowest BCUT2D eigenvalue weighted by atomic mass is 10.2. The molecule has 0 atom stereocenters. The molecule has 2 aromatic rings. The van der Waals surface area contributed by atoms with Gasteiger partial charge < -0.3 is 0 Å². The molecule has 0 spiro atoms. The molecule has 1 heterocycles. The van der Waals surface area contributed by atoms with Crippen molar-refractivity contribution in [2.75, 3.05) is 0 Å². The molecule has 0 saturated carbocycles. The van der Waals surface area contributed by atoms with Crippen molar-refractivity contribution in [2.45, 2.75) is 0 Å². The number of thiophene rings is 1. The first-order valence-corrected chi connectivity index (χ1v) is 4.88. The van der Waals surface area contributed by atoms with Crippen LogP contribution in [0.3, 0.4) is 0 Å². The van der Waals surface area contributed by atoms with Crippen molar-refractivity contribution < 1.29 is 4.79 Å². The topological polar surface area (TPSA) is 17.1 Å². The van der Waals surface area contributed by atoms with E-state index < -0.39 is 0 Å². The highest BCUT2D eigenvalue weighted by molar-refractivity contribution is 7.17. The van der Waals surface area contributed by atoms with Crippen molar-refractivity contribution in [1.82, 2.24) is 0 Å². The van der Waals surface area contributed by atoms with Crippen molar-refractivity contribution in [1.29, 1.82) is 0 Å². The summed E-state index contributed by atoms with van der Waals surface area (Å²) in [6, 6.07) is 8.17. The zero-order chi connectivity index (χ0) is 9.10. The maximum atomic E-state index is 10.2. The van der Waals surface area contributed by atoms with Gasteiger partial charge in [0.05, 0.1) is 0 Å². The predicted molar refractivity (Wildman–Crippen MR) is 56.9 cm³/mol. The van der Waals surface area contributed by atoms with E-state index in [0.29, 0.717) is 0 Å². The molecular formula is C11H8OS. The summed E-state index contributed by atoms with van der Waals surface area (Å²) in [7, 11) is 0. The summed E-state index contributed by atoms with van der Waals surface area (Å²) in [5.74, 6) is 0. The second-order valence-corrected chi connectivity index (χ2v) is 3.59. The van der Waals surface area contributed by atoms with Crippen LogP contribution in [0.4, 0.5) is 0 Å². The summed E-state index contributed by atoms with van der Waals surface area (Å²) in [5, 5.41) is 3.27. The van der Waals surface area contributed by atoms with Crippen molar-refractivity contribution in [3.05, 3.63) is 41.3 Å². The number of carbonyl (C=O) groups is 1. The largest absolute Gasteiger partial charge is 0.299 e. The van der Waals surface area contributed by atoms with E-state index in [1.165, 1.54) is 16.2 Å². The number of allylic oxidation sites excluding steroid dienone is 1. The van der Waals surface area contributed by atoms with Gasteiger partial charge in [0.1, 0.15) is 6.29 Å². The lowest BCUT2D eigenvalue weighted by molar-refractivity contribution is -0.104. The number of carbonyl (C=O) groups excluding carboxylic acids is 1. The number of aldehydes is 1. The molecule has 0 fully saturated rings.